The van der Waals surface area contributed by atoms with Gasteiger partial charge in [0.15, 0.2) is 0 Å². The van der Waals surface area contributed by atoms with Gasteiger partial charge < -0.3 is 10.1 Å². The zero-order valence-corrected chi connectivity index (χ0v) is 18.3. The highest BCUT2D eigenvalue weighted by Crippen LogP contribution is 2.29. The van der Waals surface area contributed by atoms with E-state index in [2.05, 4.69) is 5.32 Å². The van der Waals surface area contributed by atoms with E-state index >= 15 is 0 Å². The van der Waals surface area contributed by atoms with Gasteiger partial charge in [0, 0.05) is 13.0 Å². The van der Waals surface area contributed by atoms with Crippen LogP contribution in [0.15, 0.2) is 48.5 Å². The lowest BCUT2D eigenvalue weighted by Gasteiger charge is -2.24. The molecule has 2 rings (SSSR count). The van der Waals surface area contributed by atoms with Gasteiger partial charge in [0.2, 0.25) is 15.9 Å². The number of nitrogens with zero attached hydrogens (tertiary/aromatic N) is 1. The normalized spacial score (nSPS) is 12.3. The van der Waals surface area contributed by atoms with Crippen molar-refractivity contribution in [3.63, 3.8) is 0 Å². The number of methoxy groups -OCH3 is 1. The maximum Gasteiger partial charge on any atom is 0.232 e. The first kappa shape index (κ1) is 22.7. The molecule has 0 radical (unpaired) electrons. The number of rotatable bonds is 10. The van der Waals surface area contributed by atoms with Gasteiger partial charge in [0.25, 0.3) is 0 Å². The molecule has 2 aromatic carbocycles. The minimum absolute atomic E-state index is 0.0519. The van der Waals surface area contributed by atoms with Crippen LogP contribution in [0.25, 0.3) is 0 Å². The molecule has 0 fully saturated rings. The smallest absolute Gasteiger partial charge is 0.232 e. The van der Waals surface area contributed by atoms with Crippen molar-refractivity contribution in [2.45, 2.75) is 39.2 Å². The second kappa shape index (κ2) is 10.3. The van der Waals surface area contributed by atoms with E-state index in [4.69, 9.17) is 4.74 Å². The van der Waals surface area contributed by atoms with Crippen LogP contribution in [0.2, 0.25) is 0 Å². The van der Waals surface area contributed by atoms with Crippen LogP contribution in [0.4, 0.5) is 5.69 Å². The molecule has 1 amide bonds. The average molecular weight is 419 g/mol. The summed E-state index contributed by atoms with van der Waals surface area (Å²) in [5, 5.41) is 3.07. The molecule has 1 atom stereocenters. The Kier molecular flexibility index (Phi) is 8.08. The molecule has 0 aromatic heterocycles. The largest absolute Gasteiger partial charge is 0.495 e. The fourth-order valence-corrected chi connectivity index (χ4v) is 4.30. The van der Waals surface area contributed by atoms with E-state index in [9.17, 15) is 13.2 Å². The minimum Gasteiger partial charge on any atom is -0.495 e. The number of hydrogen-bond acceptors (Lipinski definition) is 4. The van der Waals surface area contributed by atoms with Crippen LogP contribution >= 0.6 is 0 Å². The first-order valence-electron chi connectivity index (χ1n) is 9.73. The van der Waals surface area contributed by atoms with Gasteiger partial charge in [-0.2, -0.15) is 0 Å². The monoisotopic (exact) mass is 418 g/mol. The molecule has 0 unspecified atom stereocenters. The summed E-state index contributed by atoms with van der Waals surface area (Å²) in [6, 6.07) is 14.9. The Bertz CT molecular complexity index is 928. The molecule has 158 valence electrons. The number of anilines is 1. The summed E-state index contributed by atoms with van der Waals surface area (Å²) in [6.45, 7) is 4.26. The van der Waals surface area contributed by atoms with E-state index < -0.39 is 10.0 Å². The zero-order valence-electron chi connectivity index (χ0n) is 17.5. The summed E-state index contributed by atoms with van der Waals surface area (Å²) in [5.41, 5.74) is 2.72. The molecule has 1 N–H and O–H groups in total. The van der Waals surface area contributed by atoms with Crippen molar-refractivity contribution < 1.29 is 17.9 Å². The van der Waals surface area contributed by atoms with E-state index in [1.807, 2.05) is 38.1 Å². The number of benzene rings is 2. The fraction of sp³-hybridized carbons (Fsp3) is 0.409. The predicted octanol–water partition coefficient (Wildman–Crippen LogP) is 3.82. The molecular formula is C22H30N2O4S. The van der Waals surface area contributed by atoms with Crippen LogP contribution in [0.1, 0.15) is 43.4 Å². The molecule has 0 aliphatic heterocycles. The lowest BCUT2D eigenvalue weighted by molar-refractivity contribution is -0.121. The lowest BCUT2D eigenvalue weighted by atomic mass is 9.99. The number of amides is 1. The zero-order chi connectivity index (χ0) is 21.4. The number of carbonyl (C=O) groups excluding carboxylic acids is 1. The number of aryl methyl sites for hydroxylation is 1. The average Bonchev–Trinajstić information content (AvgIpc) is 2.69. The number of para-hydroxylation sites is 2. The number of sulfonamides is 1. The molecule has 0 heterocycles. The number of nitrogens with one attached hydrogen (secondary N) is 1. The number of carbonyl (C=O) groups is 1. The van der Waals surface area contributed by atoms with Crippen molar-refractivity contribution in [1.29, 1.82) is 0 Å². The van der Waals surface area contributed by atoms with Gasteiger partial charge in [0.05, 0.1) is 25.1 Å². The summed E-state index contributed by atoms with van der Waals surface area (Å²) < 4.78 is 31.2. The Morgan fingerprint density at radius 1 is 1.14 bits per heavy atom. The van der Waals surface area contributed by atoms with Crippen molar-refractivity contribution >= 4 is 21.6 Å². The summed E-state index contributed by atoms with van der Waals surface area (Å²) in [6.07, 6.45) is 2.59. The quantitative estimate of drug-likeness (QED) is 0.636. The maximum absolute atomic E-state index is 12.5. The van der Waals surface area contributed by atoms with Gasteiger partial charge >= 0.3 is 0 Å². The first-order chi connectivity index (χ1) is 13.8. The molecule has 0 aliphatic rings. The van der Waals surface area contributed by atoms with Crippen LogP contribution in [0.3, 0.4) is 0 Å². The highest BCUT2D eigenvalue weighted by Gasteiger charge is 2.21. The van der Waals surface area contributed by atoms with Crippen LogP contribution in [0, 0.1) is 6.92 Å². The van der Waals surface area contributed by atoms with Gasteiger partial charge in [-0.1, -0.05) is 43.3 Å². The highest BCUT2D eigenvalue weighted by molar-refractivity contribution is 7.92. The van der Waals surface area contributed by atoms with E-state index in [0.29, 0.717) is 17.9 Å². The number of ether oxygens (including phenoxy) is 1. The van der Waals surface area contributed by atoms with Crippen molar-refractivity contribution in [1.82, 2.24) is 5.32 Å². The molecule has 0 spiro atoms. The first-order valence-corrected chi connectivity index (χ1v) is 11.6. The Morgan fingerprint density at radius 2 is 1.79 bits per heavy atom. The van der Waals surface area contributed by atoms with Gasteiger partial charge in [-0.15, -0.1) is 0 Å². The Morgan fingerprint density at radius 3 is 2.41 bits per heavy atom. The summed E-state index contributed by atoms with van der Waals surface area (Å²) >= 11 is 0. The van der Waals surface area contributed by atoms with Crippen LogP contribution < -0.4 is 14.4 Å². The minimum atomic E-state index is -3.50. The van der Waals surface area contributed by atoms with Crippen LogP contribution in [-0.4, -0.2) is 34.2 Å². The maximum atomic E-state index is 12.5. The van der Waals surface area contributed by atoms with Gasteiger partial charge in [-0.05, 0) is 43.0 Å². The molecule has 0 saturated heterocycles. The summed E-state index contributed by atoms with van der Waals surface area (Å²) in [4.78, 5) is 12.5. The standard InChI is InChI=1S/C22H30N2O4S/c1-5-19(18-12-7-6-11-17(18)2)23-22(25)15-10-16-24(29(4,26)27)20-13-8-9-14-21(20)28-3/h6-9,11-14,19H,5,10,15-16H2,1-4H3,(H,23,25)/t19-/m0/s1. The van der Waals surface area contributed by atoms with E-state index in [1.165, 1.54) is 11.4 Å². The van der Waals surface area contributed by atoms with E-state index in [1.54, 1.807) is 24.3 Å². The fourth-order valence-electron chi connectivity index (χ4n) is 3.33. The molecule has 0 saturated carbocycles. The molecular weight excluding hydrogens is 388 g/mol. The molecule has 0 aliphatic carbocycles. The predicted molar refractivity (Wildman–Crippen MR) is 117 cm³/mol. The number of hydrogen-bond donors (Lipinski definition) is 1. The third-order valence-electron chi connectivity index (χ3n) is 4.83. The van der Waals surface area contributed by atoms with Gasteiger partial charge in [-0.3, -0.25) is 9.10 Å². The Hall–Kier alpha value is -2.54. The van der Waals surface area contributed by atoms with E-state index in [0.717, 1.165) is 23.8 Å². The molecule has 6 nitrogen and oxygen atoms in total. The second-order valence-electron chi connectivity index (χ2n) is 7.00. The summed E-state index contributed by atoms with van der Waals surface area (Å²) in [7, 11) is -2.00. The second-order valence-corrected chi connectivity index (χ2v) is 8.90. The third-order valence-corrected chi connectivity index (χ3v) is 6.01. The Balaban J connectivity index is 2.02. The Labute approximate surface area is 173 Å². The lowest BCUT2D eigenvalue weighted by Crippen LogP contribution is -2.33. The van der Waals surface area contributed by atoms with Crippen LogP contribution in [0.5, 0.6) is 5.75 Å². The highest BCUT2D eigenvalue weighted by atomic mass is 32.2. The molecule has 7 heteroatoms. The van der Waals surface area contributed by atoms with E-state index in [-0.39, 0.29) is 24.9 Å². The molecule has 0 bridgehead atoms. The van der Waals surface area contributed by atoms with Crippen molar-refractivity contribution in [2.24, 2.45) is 0 Å². The van der Waals surface area contributed by atoms with Crippen molar-refractivity contribution in [3.05, 3.63) is 59.7 Å². The third kappa shape index (κ3) is 6.22. The van der Waals surface area contributed by atoms with Crippen molar-refractivity contribution in [2.75, 3.05) is 24.2 Å². The topological polar surface area (TPSA) is 75.7 Å². The SMILES string of the molecule is CC[C@H](NC(=O)CCCN(c1ccccc1OC)S(C)(=O)=O)c1ccccc1C. The summed E-state index contributed by atoms with van der Waals surface area (Å²) in [5.74, 6) is 0.390. The molecule has 29 heavy (non-hydrogen) atoms. The molecule has 2 aromatic rings. The van der Waals surface area contributed by atoms with Gasteiger partial charge in [-0.25, -0.2) is 8.42 Å². The van der Waals surface area contributed by atoms with Gasteiger partial charge in [0.1, 0.15) is 5.75 Å². The van der Waals surface area contributed by atoms with Crippen molar-refractivity contribution in [3.8, 4) is 5.75 Å². The van der Waals surface area contributed by atoms with Crippen LogP contribution in [-0.2, 0) is 14.8 Å².